The standard InChI is InChI=1S/C18H25FN2O/c1-3-7-14(2)8-5-4-6-11-21-17-12-15(19)13-20-16(17)9-10-18(21)22/h9-10,12-14H,3-8,11H2,1-2H3. The number of hydrogen-bond donors (Lipinski definition) is 0. The van der Waals surface area contributed by atoms with E-state index in [-0.39, 0.29) is 5.56 Å². The maximum Gasteiger partial charge on any atom is 0.251 e. The number of aromatic nitrogens is 2. The molecular weight excluding hydrogens is 279 g/mol. The van der Waals surface area contributed by atoms with Crippen molar-refractivity contribution in [3.05, 3.63) is 40.6 Å². The zero-order chi connectivity index (χ0) is 15.9. The normalized spacial score (nSPS) is 12.7. The van der Waals surface area contributed by atoms with Crippen LogP contribution in [0.2, 0.25) is 0 Å². The maximum atomic E-state index is 13.4. The van der Waals surface area contributed by atoms with Crippen molar-refractivity contribution in [1.29, 1.82) is 0 Å². The Kier molecular flexibility index (Phi) is 6.10. The third-order valence-electron chi connectivity index (χ3n) is 4.16. The molecule has 0 aliphatic carbocycles. The summed E-state index contributed by atoms with van der Waals surface area (Å²) >= 11 is 0. The van der Waals surface area contributed by atoms with Crippen LogP contribution in [0.4, 0.5) is 4.39 Å². The molecule has 2 aromatic heterocycles. The number of fused-ring (bicyclic) bond motifs is 1. The van der Waals surface area contributed by atoms with Gasteiger partial charge in [-0.15, -0.1) is 0 Å². The average molecular weight is 304 g/mol. The lowest BCUT2D eigenvalue weighted by atomic mass is 9.99. The predicted molar refractivity (Wildman–Crippen MR) is 88.5 cm³/mol. The molecule has 3 nitrogen and oxygen atoms in total. The average Bonchev–Trinajstić information content (AvgIpc) is 2.49. The Hall–Kier alpha value is -1.71. The smallest absolute Gasteiger partial charge is 0.251 e. The Morgan fingerprint density at radius 1 is 1.23 bits per heavy atom. The fourth-order valence-corrected chi connectivity index (χ4v) is 2.95. The molecule has 0 bridgehead atoms. The molecule has 4 heteroatoms. The van der Waals surface area contributed by atoms with Crippen LogP contribution in [0.25, 0.3) is 11.0 Å². The number of aryl methyl sites for hydroxylation is 1. The van der Waals surface area contributed by atoms with E-state index in [9.17, 15) is 9.18 Å². The molecule has 0 amide bonds. The van der Waals surface area contributed by atoms with E-state index >= 15 is 0 Å². The summed E-state index contributed by atoms with van der Waals surface area (Å²) in [6.07, 6.45) is 8.18. The monoisotopic (exact) mass is 304 g/mol. The Balaban J connectivity index is 1.95. The lowest BCUT2D eigenvalue weighted by molar-refractivity contribution is 0.449. The van der Waals surface area contributed by atoms with E-state index < -0.39 is 5.82 Å². The molecule has 0 spiro atoms. The molecule has 2 heterocycles. The van der Waals surface area contributed by atoms with Crippen LogP contribution < -0.4 is 5.56 Å². The van der Waals surface area contributed by atoms with E-state index in [1.807, 2.05) is 0 Å². The van der Waals surface area contributed by atoms with Gasteiger partial charge in [0.05, 0.1) is 17.2 Å². The van der Waals surface area contributed by atoms with Crippen LogP contribution >= 0.6 is 0 Å². The van der Waals surface area contributed by atoms with Gasteiger partial charge in [-0.25, -0.2) is 4.39 Å². The Morgan fingerprint density at radius 2 is 2.05 bits per heavy atom. The van der Waals surface area contributed by atoms with Crippen LogP contribution in [0.15, 0.2) is 29.2 Å². The third kappa shape index (κ3) is 4.39. The van der Waals surface area contributed by atoms with Crippen molar-refractivity contribution in [2.75, 3.05) is 0 Å². The summed E-state index contributed by atoms with van der Waals surface area (Å²) in [5.41, 5.74) is 1.17. The zero-order valence-electron chi connectivity index (χ0n) is 13.5. The summed E-state index contributed by atoms with van der Waals surface area (Å²) < 4.78 is 15.0. The second-order valence-electron chi connectivity index (χ2n) is 6.12. The van der Waals surface area contributed by atoms with Gasteiger partial charge in [0, 0.05) is 18.7 Å². The summed E-state index contributed by atoms with van der Waals surface area (Å²) in [6.45, 7) is 5.15. The Labute approximate surface area is 131 Å². The first-order valence-corrected chi connectivity index (χ1v) is 8.27. The summed E-state index contributed by atoms with van der Waals surface area (Å²) in [5, 5.41) is 0. The molecule has 1 unspecified atom stereocenters. The fourth-order valence-electron chi connectivity index (χ4n) is 2.95. The van der Waals surface area contributed by atoms with Crippen molar-refractivity contribution in [2.45, 2.75) is 58.9 Å². The van der Waals surface area contributed by atoms with E-state index in [0.717, 1.165) is 18.8 Å². The van der Waals surface area contributed by atoms with Gasteiger partial charge >= 0.3 is 0 Å². The van der Waals surface area contributed by atoms with Crippen molar-refractivity contribution in [1.82, 2.24) is 9.55 Å². The molecule has 120 valence electrons. The summed E-state index contributed by atoms with van der Waals surface area (Å²) in [6, 6.07) is 4.56. The predicted octanol–water partition coefficient (Wildman–Crippen LogP) is 4.53. The largest absolute Gasteiger partial charge is 0.307 e. The van der Waals surface area contributed by atoms with Gasteiger partial charge in [0.1, 0.15) is 5.82 Å². The highest BCUT2D eigenvalue weighted by atomic mass is 19.1. The number of pyridine rings is 2. The number of halogens is 1. The van der Waals surface area contributed by atoms with Crippen LogP contribution in [0.3, 0.4) is 0 Å². The van der Waals surface area contributed by atoms with E-state index in [0.29, 0.717) is 17.6 Å². The van der Waals surface area contributed by atoms with Gasteiger partial charge in [-0.2, -0.15) is 0 Å². The summed E-state index contributed by atoms with van der Waals surface area (Å²) in [5.74, 6) is 0.379. The Morgan fingerprint density at radius 3 is 2.82 bits per heavy atom. The zero-order valence-corrected chi connectivity index (χ0v) is 13.5. The molecule has 0 aliphatic rings. The second kappa shape index (κ2) is 8.06. The second-order valence-corrected chi connectivity index (χ2v) is 6.12. The number of hydrogen-bond acceptors (Lipinski definition) is 2. The molecule has 0 saturated heterocycles. The minimum Gasteiger partial charge on any atom is -0.307 e. The number of unbranched alkanes of at least 4 members (excludes halogenated alkanes) is 2. The van der Waals surface area contributed by atoms with E-state index in [2.05, 4.69) is 18.8 Å². The minimum absolute atomic E-state index is 0.0840. The Bertz CT molecular complexity index is 666. The molecule has 0 N–H and O–H groups in total. The van der Waals surface area contributed by atoms with Crippen molar-refractivity contribution in [2.24, 2.45) is 5.92 Å². The van der Waals surface area contributed by atoms with Crippen molar-refractivity contribution >= 4 is 11.0 Å². The molecular formula is C18H25FN2O. The molecule has 0 saturated carbocycles. The molecule has 0 aromatic carbocycles. The van der Waals surface area contributed by atoms with E-state index in [1.165, 1.54) is 44.0 Å². The van der Waals surface area contributed by atoms with Crippen LogP contribution in [0.1, 0.15) is 52.4 Å². The first-order valence-electron chi connectivity index (χ1n) is 8.27. The van der Waals surface area contributed by atoms with Crippen molar-refractivity contribution < 1.29 is 4.39 Å². The molecule has 2 aromatic rings. The van der Waals surface area contributed by atoms with Gasteiger partial charge in [-0.05, 0) is 18.4 Å². The van der Waals surface area contributed by atoms with Crippen molar-refractivity contribution in [3.63, 3.8) is 0 Å². The van der Waals surface area contributed by atoms with E-state index in [1.54, 1.807) is 10.6 Å². The first-order chi connectivity index (χ1) is 10.6. The minimum atomic E-state index is -0.403. The molecule has 0 aliphatic heterocycles. The fraction of sp³-hybridized carbons (Fsp3) is 0.556. The molecule has 2 rings (SSSR count). The summed E-state index contributed by atoms with van der Waals surface area (Å²) in [7, 11) is 0. The van der Waals surface area contributed by atoms with Crippen LogP contribution in [-0.4, -0.2) is 9.55 Å². The number of rotatable bonds is 8. The number of nitrogens with zero attached hydrogens (tertiary/aromatic N) is 2. The van der Waals surface area contributed by atoms with Gasteiger partial charge < -0.3 is 4.57 Å². The van der Waals surface area contributed by atoms with Crippen molar-refractivity contribution in [3.8, 4) is 0 Å². The quantitative estimate of drug-likeness (QED) is 0.671. The van der Waals surface area contributed by atoms with Crippen LogP contribution in [-0.2, 0) is 6.54 Å². The van der Waals surface area contributed by atoms with Gasteiger partial charge in [-0.3, -0.25) is 9.78 Å². The molecule has 0 radical (unpaired) electrons. The van der Waals surface area contributed by atoms with Crippen LogP contribution in [0, 0.1) is 11.7 Å². The molecule has 0 fully saturated rings. The highest BCUT2D eigenvalue weighted by Crippen LogP contribution is 2.16. The van der Waals surface area contributed by atoms with Gasteiger partial charge in [-0.1, -0.05) is 46.0 Å². The lowest BCUT2D eigenvalue weighted by Crippen LogP contribution is -2.19. The van der Waals surface area contributed by atoms with Gasteiger partial charge in [0.2, 0.25) is 0 Å². The lowest BCUT2D eigenvalue weighted by Gasteiger charge is -2.11. The molecule has 1 atom stereocenters. The van der Waals surface area contributed by atoms with Gasteiger partial charge in [0.15, 0.2) is 0 Å². The summed E-state index contributed by atoms with van der Waals surface area (Å²) in [4.78, 5) is 16.1. The first kappa shape index (κ1) is 16.7. The maximum absolute atomic E-state index is 13.4. The highest BCUT2D eigenvalue weighted by Gasteiger charge is 2.06. The SMILES string of the molecule is CCCC(C)CCCCCn1c(=O)ccc2ncc(F)cc21. The van der Waals surface area contributed by atoms with Gasteiger partial charge in [0.25, 0.3) is 5.56 Å². The van der Waals surface area contributed by atoms with Crippen LogP contribution in [0.5, 0.6) is 0 Å². The third-order valence-corrected chi connectivity index (χ3v) is 4.16. The topological polar surface area (TPSA) is 34.9 Å². The van der Waals surface area contributed by atoms with E-state index in [4.69, 9.17) is 0 Å². The highest BCUT2D eigenvalue weighted by molar-refractivity contribution is 5.74. The molecule has 22 heavy (non-hydrogen) atoms.